The van der Waals surface area contributed by atoms with Crippen molar-refractivity contribution in [1.82, 2.24) is 15.2 Å². The quantitative estimate of drug-likeness (QED) is 0.732. The maximum Gasteiger partial charge on any atom is 0.249 e. The van der Waals surface area contributed by atoms with Crippen molar-refractivity contribution < 1.29 is 14.3 Å². The fourth-order valence-electron chi connectivity index (χ4n) is 1.29. The van der Waals surface area contributed by atoms with Crippen LogP contribution in [-0.4, -0.2) is 26.2 Å². The highest BCUT2D eigenvalue weighted by atomic mass is 19.1. The summed E-state index contributed by atoms with van der Waals surface area (Å²) in [6.07, 6.45) is 0. The first-order chi connectivity index (χ1) is 8.06. The fraction of sp³-hybridized carbons (Fsp3) is 0.100. The first kappa shape index (κ1) is 11.1. The number of aromatic hydroxyl groups is 1. The minimum absolute atomic E-state index is 0.0694. The number of phenolic OH excluding ortho intramolecular Hbond substituents is 1. The number of aromatic amines is 1. The van der Waals surface area contributed by atoms with Gasteiger partial charge in [0, 0.05) is 13.0 Å². The number of amides is 1. The molecule has 17 heavy (non-hydrogen) atoms. The van der Waals surface area contributed by atoms with Crippen LogP contribution in [0.15, 0.2) is 18.2 Å². The summed E-state index contributed by atoms with van der Waals surface area (Å²) in [4.78, 5) is 14.6. The molecule has 0 aliphatic heterocycles. The first-order valence-electron chi connectivity index (χ1n) is 4.75. The molecule has 0 aliphatic rings. The van der Waals surface area contributed by atoms with Gasteiger partial charge in [-0.2, -0.15) is 4.98 Å². The van der Waals surface area contributed by atoms with Gasteiger partial charge in [0.15, 0.2) is 5.82 Å². The molecular weight excluding hydrogens is 227 g/mol. The van der Waals surface area contributed by atoms with Crippen LogP contribution in [0.1, 0.15) is 6.92 Å². The van der Waals surface area contributed by atoms with Gasteiger partial charge in [0.2, 0.25) is 11.9 Å². The maximum atomic E-state index is 13.5. The van der Waals surface area contributed by atoms with E-state index in [1.807, 2.05) is 0 Å². The molecule has 7 heteroatoms. The SMILES string of the molecule is CC(=O)Nc1n[nH]c(-c2ccc(O)cc2F)n1. The third kappa shape index (κ3) is 2.39. The number of benzene rings is 1. The number of rotatable bonds is 2. The average molecular weight is 236 g/mol. The Morgan fingerprint density at radius 3 is 2.94 bits per heavy atom. The Morgan fingerprint density at radius 2 is 2.29 bits per heavy atom. The van der Waals surface area contributed by atoms with E-state index in [-0.39, 0.29) is 29.0 Å². The molecule has 0 saturated carbocycles. The minimum Gasteiger partial charge on any atom is -0.508 e. The van der Waals surface area contributed by atoms with Gasteiger partial charge in [-0.3, -0.25) is 15.2 Å². The van der Waals surface area contributed by atoms with E-state index in [0.29, 0.717) is 0 Å². The number of nitrogens with zero attached hydrogens (tertiary/aromatic N) is 2. The van der Waals surface area contributed by atoms with Crippen LogP contribution in [0.2, 0.25) is 0 Å². The molecule has 3 N–H and O–H groups in total. The molecule has 0 spiro atoms. The molecule has 2 rings (SSSR count). The summed E-state index contributed by atoms with van der Waals surface area (Å²) in [5, 5.41) is 17.6. The summed E-state index contributed by atoms with van der Waals surface area (Å²) in [6.45, 7) is 1.32. The molecule has 0 unspecified atom stereocenters. The smallest absolute Gasteiger partial charge is 0.249 e. The number of phenols is 1. The van der Waals surface area contributed by atoms with Crippen molar-refractivity contribution in [2.75, 3.05) is 5.32 Å². The van der Waals surface area contributed by atoms with Crippen molar-refractivity contribution in [2.45, 2.75) is 6.92 Å². The van der Waals surface area contributed by atoms with Gasteiger partial charge in [0.05, 0.1) is 5.56 Å². The van der Waals surface area contributed by atoms with E-state index in [9.17, 15) is 9.18 Å². The van der Waals surface area contributed by atoms with Crippen LogP contribution in [0.4, 0.5) is 10.3 Å². The zero-order valence-electron chi connectivity index (χ0n) is 8.86. The second-order valence-corrected chi connectivity index (χ2v) is 3.35. The standard InChI is InChI=1S/C10H9FN4O2/c1-5(16)12-10-13-9(14-15-10)7-3-2-6(17)4-8(7)11/h2-4,17H,1H3,(H2,12,13,14,15,16). The lowest BCUT2D eigenvalue weighted by molar-refractivity contribution is -0.114. The number of halogens is 1. The van der Waals surface area contributed by atoms with E-state index in [4.69, 9.17) is 5.11 Å². The second-order valence-electron chi connectivity index (χ2n) is 3.35. The summed E-state index contributed by atoms with van der Waals surface area (Å²) in [5.74, 6) is -0.878. The molecular formula is C10H9FN4O2. The second kappa shape index (κ2) is 4.20. The molecule has 0 saturated heterocycles. The van der Waals surface area contributed by atoms with E-state index in [1.54, 1.807) is 0 Å². The molecule has 0 fully saturated rings. The van der Waals surface area contributed by atoms with Crippen LogP contribution in [0, 0.1) is 5.82 Å². The van der Waals surface area contributed by atoms with Gasteiger partial charge in [-0.25, -0.2) is 4.39 Å². The van der Waals surface area contributed by atoms with E-state index in [0.717, 1.165) is 6.07 Å². The zero-order chi connectivity index (χ0) is 12.4. The topological polar surface area (TPSA) is 90.9 Å². The third-order valence-electron chi connectivity index (χ3n) is 1.98. The summed E-state index contributed by atoms with van der Waals surface area (Å²) in [6, 6.07) is 3.66. The van der Waals surface area contributed by atoms with Gasteiger partial charge in [0.1, 0.15) is 11.6 Å². The Bertz CT molecular complexity index is 567. The molecule has 6 nitrogen and oxygen atoms in total. The maximum absolute atomic E-state index is 13.5. The van der Waals surface area contributed by atoms with Gasteiger partial charge < -0.3 is 5.11 Å². The Kier molecular flexibility index (Phi) is 2.73. The number of aromatic nitrogens is 3. The molecule has 2 aromatic rings. The lowest BCUT2D eigenvalue weighted by atomic mass is 10.2. The summed E-state index contributed by atoms with van der Waals surface area (Å²) >= 11 is 0. The highest BCUT2D eigenvalue weighted by Crippen LogP contribution is 2.23. The minimum atomic E-state index is -0.629. The van der Waals surface area contributed by atoms with Crippen LogP contribution in [0.5, 0.6) is 5.75 Å². The molecule has 0 radical (unpaired) electrons. The van der Waals surface area contributed by atoms with Crippen molar-refractivity contribution in [2.24, 2.45) is 0 Å². The highest BCUT2D eigenvalue weighted by molar-refractivity contribution is 5.86. The molecule has 88 valence electrons. The molecule has 0 bridgehead atoms. The fourth-order valence-corrected chi connectivity index (χ4v) is 1.29. The largest absolute Gasteiger partial charge is 0.508 e. The predicted octanol–water partition coefficient (Wildman–Crippen LogP) is 1.27. The summed E-state index contributed by atoms with van der Waals surface area (Å²) < 4.78 is 13.5. The van der Waals surface area contributed by atoms with Crippen LogP contribution in [-0.2, 0) is 4.79 Å². The van der Waals surface area contributed by atoms with Crippen molar-refractivity contribution in [3.63, 3.8) is 0 Å². The van der Waals surface area contributed by atoms with Crippen molar-refractivity contribution >= 4 is 11.9 Å². The Labute approximate surface area is 95.5 Å². The van der Waals surface area contributed by atoms with E-state index >= 15 is 0 Å². The lowest BCUT2D eigenvalue weighted by Gasteiger charge is -1.98. The Balaban J connectivity index is 2.33. The van der Waals surface area contributed by atoms with Crippen molar-refractivity contribution in [1.29, 1.82) is 0 Å². The van der Waals surface area contributed by atoms with Gasteiger partial charge in [-0.1, -0.05) is 0 Å². The van der Waals surface area contributed by atoms with Crippen LogP contribution in [0.3, 0.4) is 0 Å². The number of anilines is 1. The zero-order valence-corrected chi connectivity index (χ0v) is 8.86. The number of hydrogen-bond donors (Lipinski definition) is 3. The monoisotopic (exact) mass is 236 g/mol. The molecule has 0 aliphatic carbocycles. The van der Waals surface area contributed by atoms with E-state index in [2.05, 4.69) is 20.5 Å². The number of carbonyl (C=O) groups is 1. The van der Waals surface area contributed by atoms with E-state index < -0.39 is 5.82 Å². The van der Waals surface area contributed by atoms with Gasteiger partial charge in [-0.15, -0.1) is 5.10 Å². The molecule has 1 aromatic heterocycles. The normalized spacial score (nSPS) is 10.2. The number of hydrogen-bond acceptors (Lipinski definition) is 4. The lowest BCUT2D eigenvalue weighted by Crippen LogP contribution is -2.06. The van der Waals surface area contributed by atoms with Crippen LogP contribution in [0.25, 0.3) is 11.4 Å². The Hall–Kier alpha value is -2.44. The molecule has 1 heterocycles. The first-order valence-corrected chi connectivity index (χ1v) is 4.75. The van der Waals surface area contributed by atoms with Crippen LogP contribution < -0.4 is 5.32 Å². The van der Waals surface area contributed by atoms with Crippen LogP contribution >= 0.6 is 0 Å². The highest BCUT2D eigenvalue weighted by Gasteiger charge is 2.11. The molecule has 0 atom stereocenters. The number of H-pyrrole nitrogens is 1. The Morgan fingerprint density at radius 1 is 1.53 bits per heavy atom. The van der Waals surface area contributed by atoms with E-state index in [1.165, 1.54) is 19.1 Å². The van der Waals surface area contributed by atoms with Gasteiger partial charge in [0.25, 0.3) is 0 Å². The molecule has 1 aromatic carbocycles. The van der Waals surface area contributed by atoms with Gasteiger partial charge in [-0.05, 0) is 12.1 Å². The molecule has 1 amide bonds. The van der Waals surface area contributed by atoms with Gasteiger partial charge >= 0.3 is 0 Å². The number of carbonyl (C=O) groups excluding carboxylic acids is 1. The summed E-state index contributed by atoms with van der Waals surface area (Å²) in [5.41, 5.74) is 0.159. The summed E-state index contributed by atoms with van der Waals surface area (Å²) in [7, 11) is 0. The third-order valence-corrected chi connectivity index (χ3v) is 1.98. The predicted molar refractivity (Wildman–Crippen MR) is 57.7 cm³/mol. The number of nitrogens with one attached hydrogen (secondary N) is 2. The van der Waals surface area contributed by atoms with Crippen molar-refractivity contribution in [3.8, 4) is 17.1 Å². The average Bonchev–Trinajstić information content (AvgIpc) is 2.65. The van der Waals surface area contributed by atoms with Crippen molar-refractivity contribution in [3.05, 3.63) is 24.0 Å².